The van der Waals surface area contributed by atoms with Crippen LogP contribution in [0.2, 0.25) is 0 Å². The lowest BCUT2D eigenvalue weighted by molar-refractivity contribution is -0.133. The molecule has 0 aliphatic heterocycles. The van der Waals surface area contributed by atoms with E-state index in [0.29, 0.717) is 11.5 Å². The van der Waals surface area contributed by atoms with Gasteiger partial charge in [-0.2, -0.15) is 0 Å². The summed E-state index contributed by atoms with van der Waals surface area (Å²) in [7, 11) is 1.43. The lowest BCUT2D eigenvalue weighted by Gasteiger charge is -2.54. The number of ketones is 1. The lowest BCUT2D eigenvalue weighted by Crippen LogP contribution is -2.52. The fourth-order valence-electron chi connectivity index (χ4n) is 3.56. The van der Waals surface area contributed by atoms with Gasteiger partial charge in [-0.3, -0.25) is 4.79 Å². The van der Waals surface area contributed by atoms with Crippen molar-refractivity contribution in [2.24, 2.45) is 17.3 Å². The number of aromatic hydroxyl groups is 2. The van der Waals surface area contributed by atoms with Crippen molar-refractivity contribution in [3.8, 4) is 17.2 Å². The summed E-state index contributed by atoms with van der Waals surface area (Å²) in [5, 5.41) is 19.3. The van der Waals surface area contributed by atoms with E-state index in [9.17, 15) is 15.0 Å². The average Bonchev–Trinajstić information content (AvgIpc) is 2.47. The average molecular weight is 300 g/mol. The second-order valence-corrected chi connectivity index (χ2v) is 6.63. The third-order valence-electron chi connectivity index (χ3n) is 5.09. The Bertz CT molecular complexity index is 697. The van der Waals surface area contributed by atoms with Crippen molar-refractivity contribution in [3.05, 3.63) is 35.4 Å². The largest absolute Gasteiger partial charge is 0.504 e. The second kappa shape index (κ2) is 4.90. The van der Waals surface area contributed by atoms with Gasteiger partial charge in [-0.05, 0) is 47.1 Å². The number of benzene rings is 1. The summed E-state index contributed by atoms with van der Waals surface area (Å²) in [5.74, 6) is 0.494. The van der Waals surface area contributed by atoms with Gasteiger partial charge in [0.25, 0.3) is 0 Å². The molecule has 0 aromatic heterocycles. The summed E-state index contributed by atoms with van der Waals surface area (Å²) in [6, 6.07) is 3.11. The normalized spacial score (nSPS) is 25.8. The molecule has 1 aromatic carbocycles. The molecule has 0 amide bonds. The van der Waals surface area contributed by atoms with Crippen molar-refractivity contribution >= 4 is 11.9 Å². The van der Waals surface area contributed by atoms with Crippen molar-refractivity contribution in [3.63, 3.8) is 0 Å². The molecule has 1 saturated carbocycles. The molecule has 0 heterocycles. The molecular weight excluding hydrogens is 280 g/mol. The Morgan fingerprint density at radius 1 is 1.23 bits per heavy atom. The molecule has 22 heavy (non-hydrogen) atoms. The van der Waals surface area contributed by atoms with Crippen LogP contribution in [0.5, 0.6) is 17.2 Å². The molecule has 116 valence electrons. The number of hydrogen-bond acceptors (Lipinski definition) is 4. The zero-order valence-electron chi connectivity index (χ0n) is 13.0. The van der Waals surface area contributed by atoms with E-state index in [1.165, 1.54) is 13.2 Å². The number of carbonyl (C=O) groups excluding carboxylic acids is 1. The molecule has 3 aliphatic carbocycles. The SMILES string of the molecule is COc1cc(/C=C/C2=CC(=O)C3CC2C3(C)C)cc(O)c1O. The molecule has 2 atom stereocenters. The van der Waals surface area contributed by atoms with E-state index in [4.69, 9.17) is 4.74 Å². The predicted molar refractivity (Wildman–Crippen MR) is 83.8 cm³/mol. The highest BCUT2D eigenvalue weighted by Crippen LogP contribution is 2.58. The van der Waals surface area contributed by atoms with E-state index < -0.39 is 0 Å². The smallest absolute Gasteiger partial charge is 0.200 e. The van der Waals surface area contributed by atoms with Gasteiger partial charge < -0.3 is 14.9 Å². The fraction of sp³-hybridized carbons (Fsp3) is 0.389. The molecule has 1 fully saturated rings. The highest BCUT2D eigenvalue weighted by Gasteiger charge is 2.54. The van der Waals surface area contributed by atoms with Crippen LogP contribution in [0.15, 0.2) is 29.9 Å². The van der Waals surface area contributed by atoms with Crippen LogP contribution in [0.1, 0.15) is 25.8 Å². The van der Waals surface area contributed by atoms with Crippen molar-refractivity contribution in [2.75, 3.05) is 7.11 Å². The third kappa shape index (κ3) is 2.10. The molecule has 0 radical (unpaired) electrons. The summed E-state index contributed by atoms with van der Waals surface area (Å²) in [6.07, 6.45) is 6.41. The first-order chi connectivity index (χ1) is 10.3. The van der Waals surface area contributed by atoms with Crippen LogP contribution in [0.4, 0.5) is 0 Å². The number of rotatable bonds is 3. The van der Waals surface area contributed by atoms with Crippen LogP contribution in [0.25, 0.3) is 6.08 Å². The fourth-order valence-corrected chi connectivity index (χ4v) is 3.56. The van der Waals surface area contributed by atoms with Crippen molar-refractivity contribution < 1.29 is 19.7 Å². The first-order valence-electron chi connectivity index (χ1n) is 7.38. The highest BCUT2D eigenvalue weighted by molar-refractivity contribution is 5.96. The molecule has 4 heteroatoms. The van der Waals surface area contributed by atoms with Crippen molar-refractivity contribution in [1.82, 2.24) is 0 Å². The van der Waals surface area contributed by atoms with Gasteiger partial charge in [0, 0.05) is 5.92 Å². The Labute approximate surface area is 129 Å². The standard InChI is InChI=1S/C18H20O4/c1-18(2)12-9-13(18)14(19)8-11(12)5-4-10-6-15(20)17(21)16(7-10)22-3/h4-8,12-13,20-21H,9H2,1-3H3/b5-4+. The van der Waals surface area contributed by atoms with Gasteiger partial charge in [0.1, 0.15) is 0 Å². The molecule has 1 aromatic rings. The Morgan fingerprint density at radius 3 is 2.55 bits per heavy atom. The van der Waals surface area contributed by atoms with Crippen LogP contribution in [-0.4, -0.2) is 23.1 Å². The Balaban J connectivity index is 1.89. The molecule has 2 bridgehead atoms. The van der Waals surface area contributed by atoms with Gasteiger partial charge >= 0.3 is 0 Å². The van der Waals surface area contributed by atoms with E-state index >= 15 is 0 Å². The molecule has 2 N–H and O–H groups in total. The zero-order chi connectivity index (χ0) is 16.1. The molecule has 0 spiro atoms. The summed E-state index contributed by atoms with van der Waals surface area (Å²) >= 11 is 0. The Kier molecular flexibility index (Phi) is 3.28. The Morgan fingerprint density at radius 2 is 1.95 bits per heavy atom. The molecule has 3 aliphatic rings. The van der Waals surface area contributed by atoms with Crippen LogP contribution >= 0.6 is 0 Å². The van der Waals surface area contributed by atoms with E-state index in [0.717, 1.165) is 12.0 Å². The number of fused-ring (bicyclic) bond motifs is 1. The number of phenols is 2. The van der Waals surface area contributed by atoms with Gasteiger partial charge in [-0.15, -0.1) is 0 Å². The van der Waals surface area contributed by atoms with Gasteiger partial charge in [0.2, 0.25) is 5.75 Å². The number of allylic oxidation sites excluding steroid dienone is 3. The van der Waals surface area contributed by atoms with E-state index in [1.54, 1.807) is 12.1 Å². The molecular formula is C18H20O4. The number of hydrogen-bond donors (Lipinski definition) is 2. The number of phenolic OH excluding ortho intramolecular Hbond substituents is 2. The topological polar surface area (TPSA) is 66.8 Å². The lowest BCUT2D eigenvalue weighted by atomic mass is 9.48. The molecule has 2 unspecified atom stereocenters. The quantitative estimate of drug-likeness (QED) is 0.841. The van der Waals surface area contributed by atoms with E-state index in [-0.39, 0.29) is 34.4 Å². The van der Waals surface area contributed by atoms with Crippen molar-refractivity contribution in [2.45, 2.75) is 20.3 Å². The monoisotopic (exact) mass is 300 g/mol. The maximum atomic E-state index is 12.1. The molecule has 4 rings (SSSR count). The zero-order valence-corrected chi connectivity index (χ0v) is 13.0. The minimum Gasteiger partial charge on any atom is -0.504 e. The first-order valence-corrected chi connectivity index (χ1v) is 7.38. The summed E-state index contributed by atoms with van der Waals surface area (Å²) in [5.41, 5.74) is 1.77. The van der Waals surface area contributed by atoms with Crippen LogP contribution in [0.3, 0.4) is 0 Å². The van der Waals surface area contributed by atoms with E-state index in [2.05, 4.69) is 13.8 Å². The first kappa shape index (κ1) is 14.7. The second-order valence-electron chi connectivity index (χ2n) is 6.63. The number of carbonyl (C=O) groups is 1. The van der Waals surface area contributed by atoms with E-state index in [1.807, 2.05) is 12.2 Å². The Hall–Kier alpha value is -2.23. The summed E-state index contributed by atoms with van der Waals surface area (Å²) < 4.78 is 5.02. The van der Waals surface area contributed by atoms with Gasteiger partial charge in [-0.25, -0.2) is 0 Å². The minimum absolute atomic E-state index is 0.0281. The number of ether oxygens (including phenoxy) is 1. The van der Waals surface area contributed by atoms with Crippen LogP contribution in [-0.2, 0) is 4.79 Å². The number of methoxy groups -OCH3 is 1. The van der Waals surface area contributed by atoms with Crippen LogP contribution in [0, 0.1) is 17.3 Å². The molecule has 0 saturated heterocycles. The summed E-state index contributed by atoms with van der Waals surface area (Å²) in [4.78, 5) is 12.1. The maximum Gasteiger partial charge on any atom is 0.200 e. The van der Waals surface area contributed by atoms with Gasteiger partial charge in [-0.1, -0.05) is 26.0 Å². The minimum atomic E-state index is -0.269. The highest BCUT2D eigenvalue weighted by atomic mass is 16.5. The third-order valence-corrected chi connectivity index (χ3v) is 5.09. The van der Waals surface area contributed by atoms with Crippen LogP contribution < -0.4 is 4.74 Å². The van der Waals surface area contributed by atoms with Crippen molar-refractivity contribution in [1.29, 1.82) is 0 Å². The van der Waals surface area contributed by atoms with Gasteiger partial charge in [0.05, 0.1) is 7.11 Å². The maximum absolute atomic E-state index is 12.1. The predicted octanol–water partition coefficient (Wildman–Crippen LogP) is 3.29. The van der Waals surface area contributed by atoms with Gasteiger partial charge in [0.15, 0.2) is 17.3 Å². The summed E-state index contributed by atoms with van der Waals surface area (Å²) in [6.45, 7) is 4.28. The molecule has 4 nitrogen and oxygen atoms in total.